The van der Waals surface area contributed by atoms with Gasteiger partial charge in [0.05, 0.1) is 12.1 Å². The Morgan fingerprint density at radius 2 is 0.878 bits per heavy atom. The predicted molar refractivity (Wildman–Crippen MR) is 175 cm³/mol. The second kappa shape index (κ2) is 10.6. The minimum Gasteiger partial charge on any atom is -0.507 e. The van der Waals surface area contributed by atoms with Crippen molar-refractivity contribution in [2.75, 3.05) is 0 Å². The zero-order chi connectivity index (χ0) is 30.7. The first-order valence-electron chi connectivity index (χ1n) is 15.5. The zero-order valence-electron chi connectivity index (χ0n) is 27.7. The van der Waals surface area contributed by atoms with E-state index in [4.69, 9.17) is 9.98 Å². The van der Waals surface area contributed by atoms with Crippen molar-refractivity contribution in [1.29, 1.82) is 0 Å². The topological polar surface area (TPSA) is 65.2 Å². The molecule has 2 aromatic rings. The largest absolute Gasteiger partial charge is 0.507 e. The van der Waals surface area contributed by atoms with E-state index >= 15 is 0 Å². The highest BCUT2D eigenvalue weighted by atomic mass is 16.3. The van der Waals surface area contributed by atoms with E-state index in [1.807, 2.05) is 12.4 Å². The van der Waals surface area contributed by atoms with Gasteiger partial charge < -0.3 is 10.2 Å². The molecular weight excluding hydrogens is 504 g/mol. The van der Waals surface area contributed by atoms with Crippen molar-refractivity contribution in [3.63, 3.8) is 0 Å². The molecule has 2 aliphatic carbocycles. The minimum atomic E-state index is -0.153. The number of hydrogen-bond acceptors (Lipinski definition) is 4. The summed E-state index contributed by atoms with van der Waals surface area (Å²) in [6, 6.07) is 9.08. The first-order chi connectivity index (χ1) is 18.7. The van der Waals surface area contributed by atoms with Gasteiger partial charge in [-0.15, -0.1) is 0 Å². The Balaban J connectivity index is 1.54. The van der Waals surface area contributed by atoms with Gasteiger partial charge >= 0.3 is 0 Å². The van der Waals surface area contributed by atoms with Crippen LogP contribution < -0.4 is 0 Å². The number of phenols is 2. The summed E-state index contributed by atoms with van der Waals surface area (Å²) >= 11 is 0. The Morgan fingerprint density at radius 3 is 1.15 bits per heavy atom. The number of hydrogen-bond donors (Lipinski definition) is 2. The summed E-state index contributed by atoms with van der Waals surface area (Å²) in [5.74, 6) is 1.72. The highest BCUT2D eigenvalue weighted by Gasteiger charge is 2.45. The van der Waals surface area contributed by atoms with Crippen LogP contribution in [0.25, 0.3) is 0 Å². The normalized spacial score (nSPS) is 23.8. The second-order valence-electron chi connectivity index (χ2n) is 16.8. The van der Waals surface area contributed by atoms with Crippen molar-refractivity contribution in [3.05, 3.63) is 57.6 Å². The van der Waals surface area contributed by atoms with Crippen LogP contribution in [-0.4, -0.2) is 34.7 Å². The van der Waals surface area contributed by atoms with Crippen molar-refractivity contribution in [1.82, 2.24) is 0 Å². The molecule has 0 saturated heterocycles. The van der Waals surface area contributed by atoms with E-state index in [1.165, 1.54) is 11.1 Å². The van der Waals surface area contributed by atoms with E-state index in [2.05, 4.69) is 107 Å². The van der Waals surface area contributed by atoms with Gasteiger partial charge in [-0.25, -0.2) is 0 Å². The van der Waals surface area contributed by atoms with Crippen LogP contribution in [0.15, 0.2) is 34.3 Å². The monoisotopic (exact) mass is 558 g/mol. The Hall–Kier alpha value is -2.62. The van der Waals surface area contributed by atoms with E-state index in [0.29, 0.717) is 23.3 Å². The fraction of sp³-hybridized carbons (Fsp3) is 0.622. The molecule has 0 aromatic heterocycles. The molecule has 224 valence electrons. The molecule has 2 aromatic carbocycles. The van der Waals surface area contributed by atoms with Gasteiger partial charge in [-0.2, -0.15) is 0 Å². The van der Waals surface area contributed by atoms with Crippen LogP contribution in [-0.2, 0) is 21.7 Å². The molecule has 4 heteroatoms. The number of nitrogens with zero attached hydrogens (tertiary/aromatic N) is 2. The van der Waals surface area contributed by atoms with Gasteiger partial charge in [-0.05, 0) is 76.0 Å². The number of rotatable bonds is 4. The Morgan fingerprint density at radius 1 is 0.537 bits per heavy atom. The second-order valence-corrected chi connectivity index (χ2v) is 16.8. The summed E-state index contributed by atoms with van der Waals surface area (Å²) < 4.78 is 0. The molecule has 4 nitrogen and oxygen atoms in total. The number of phenolic OH excluding ortho intramolecular Hbond substituents is 2. The van der Waals surface area contributed by atoms with E-state index in [0.717, 1.165) is 41.5 Å². The van der Waals surface area contributed by atoms with Crippen molar-refractivity contribution in [2.24, 2.45) is 21.8 Å². The van der Waals surface area contributed by atoms with Gasteiger partial charge in [0.15, 0.2) is 0 Å². The summed E-state index contributed by atoms with van der Waals surface area (Å²) in [6.45, 7) is 26.2. The minimum absolute atomic E-state index is 0.0115. The molecule has 4 atom stereocenters. The third-order valence-electron chi connectivity index (χ3n) is 9.22. The molecule has 0 amide bonds. The number of aliphatic imine (C=N–C) groups is 2. The van der Waals surface area contributed by atoms with Gasteiger partial charge in [-0.3, -0.25) is 9.98 Å². The van der Waals surface area contributed by atoms with Crippen LogP contribution in [0.1, 0.15) is 136 Å². The highest BCUT2D eigenvalue weighted by molar-refractivity contribution is 5.86. The number of fused-ring (bicyclic) bond motifs is 2. The highest BCUT2D eigenvalue weighted by Crippen LogP contribution is 2.48. The van der Waals surface area contributed by atoms with Gasteiger partial charge in [0, 0.05) is 34.7 Å². The Labute approximate surface area is 249 Å². The lowest BCUT2D eigenvalue weighted by molar-refractivity contribution is 0.379. The summed E-state index contributed by atoms with van der Waals surface area (Å²) in [5.41, 5.74) is 5.71. The maximum atomic E-state index is 11.2. The fourth-order valence-electron chi connectivity index (χ4n) is 6.45. The third-order valence-corrected chi connectivity index (χ3v) is 9.22. The third kappa shape index (κ3) is 6.73. The van der Waals surface area contributed by atoms with Gasteiger partial charge in [0.2, 0.25) is 0 Å². The van der Waals surface area contributed by atoms with Gasteiger partial charge in [0.25, 0.3) is 0 Å². The van der Waals surface area contributed by atoms with E-state index in [9.17, 15) is 10.2 Å². The molecule has 0 heterocycles. The first-order valence-corrected chi connectivity index (χ1v) is 15.5. The standard InChI is InChI=1S/C37H54N2O2/c1-34(2,3)26-14-24(32(40)28(18-26)36(7,8)9)20-38-30-16-23-13-22(30)17-31(23)39-21-25-15-27(35(4,5)6)19-29(33(25)41)37(10,11)12/h14-15,18-23,30-31,40-41H,13,16-17H2,1-12H3. The number of benzene rings is 2. The lowest BCUT2D eigenvalue weighted by atomic mass is 9.79. The van der Waals surface area contributed by atoms with Crippen LogP contribution in [0.4, 0.5) is 0 Å². The summed E-state index contributed by atoms with van der Waals surface area (Å²) in [4.78, 5) is 10.1. The van der Waals surface area contributed by atoms with E-state index in [-0.39, 0.29) is 33.7 Å². The molecule has 4 rings (SSSR count). The van der Waals surface area contributed by atoms with Gasteiger partial charge in [-0.1, -0.05) is 95.2 Å². The molecule has 4 unspecified atom stereocenters. The lowest BCUT2D eigenvalue weighted by Gasteiger charge is -2.27. The lowest BCUT2D eigenvalue weighted by Crippen LogP contribution is -2.23. The van der Waals surface area contributed by atoms with E-state index < -0.39 is 0 Å². The summed E-state index contributed by atoms with van der Waals surface area (Å²) in [5, 5.41) is 22.3. The molecule has 2 bridgehead atoms. The van der Waals surface area contributed by atoms with Gasteiger partial charge in [0.1, 0.15) is 11.5 Å². The quantitative estimate of drug-likeness (QED) is 0.368. The maximum Gasteiger partial charge on any atom is 0.128 e. The molecule has 0 spiro atoms. The molecule has 2 N–H and O–H groups in total. The molecule has 0 aliphatic heterocycles. The Kier molecular flexibility index (Phi) is 8.08. The van der Waals surface area contributed by atoms with Crippen molar-refractivity contribution < 1.29 is 10.2 Å². The van der Waals surface area contributed by atoms with E-state index in [1.54, 1.807) is 0 Å². The van der Waals surface area contributed by atoms with Crippen LogP contribution in [0, 0.1) is 11.8 Å². The van der Waals surface area contributed by atoms with Crippen molar-refractivity contribution in [2.45, 2.75) is 136 Å². The van der Waals surface area contributed by atoms with Crippen molar-refractivity contribution >= 4 is 12.4 Å². The summed E-state index contributed by atoms with van der Waals surface area (Å²) in [7, 11) is 0. The first kappa shape index (κ1) is 31.3. The maximum absolute atomic E-state index is 11.2. The molecule has 41 heavy (non-hydrogen) atoms. The number of aromatic hydroxyl groups is 2. The molecule has 2 fully saturated rings. The smallest absolute Gasteiger partial charge is 0.128 e. The Bertz CT molecular complexity index is 1240. The van der Waals surface area contributed by atoms with Crippen LogP contribution in [0.5, 0.6) is 11.5 Å². The average Bonchev–Trinajstić information content (AvgIpc) is 3.40. The fourth-order valence-corrected chi connectivity index (χ4v) is 6.45. The summed E-state index contributed by atoms with van der Waals surface area (Å²) in [6.07, 6.45) is 7.04. The SMILES string of the molecule is CC(C)(C)c1cc(C=NC2CC3CC2CC3N=Cc2cc(C(C)(C)C)cc(C(C)(C)C)c2O)c(O)c(C(C)(C)C)c1. The zero-order valence-corrected chi connectivity index (χ0v) is 27.7. The molecule has 2 aliphatic rings. The van der Waals surface area contributed by atoms with Crippen molar-refractivity contribution in [3.8, 4) is 11.5 Å². The van der Waals surface area contributed by atoms with Crippen LogP contribution in [0.3, 0.4) is 0 Å². The molecule has 0 radical (unpaired) electrons. The molecule has 2 saturated carbocycles. The van der Waals surface area contributed by atoms with Crippen LogP contribution in [0.2, 0.25) is 0 Å². The van der Waals surface area contributed by atoms with Crippen LogP contribution >= 0.6 is 0 Å². The predicted octanol–water partition coefficient (Wildman–Crippen LogP) is 8.99. The average molecular weight is 559 g/mol. The molecular formula is C37H54N2O2.